The van der Waals surface area contributed by atoms with Crippen LogP contribution < -0.4 is 5.46 Å². The van der Waals surface area contributed by atoms with Crippen LogP contribution in [0.3, 0.4) is 0 Å². The molecule has 1 aromatic rings. The van der Waals surface area contributed by atoms with Gasteiger partial charge in [-0.3, -0.25) is 0 Å². The Labute approximate surface area is 124 Å². The number of esters is 2. The Morgan fingerprint density at radius 1 is 1.05 bits per heavy atom. The Bertz CT molecular complexity index is 485. The SMILES string of the molecule is [B]c1c(F)c(C(=O)OCC)c(Br)c(F)c1C(=O)OCC. The highest BCUT2D eigenvalue weighted by Gasteiger charge is 2.29. The highest BCUT2D eigenvalue weighted by Crippen LogP contribution is 2.26. The summed E-state index contributed by atoms with van der Waals surface area (Å²) < 4.78 is 36.8. The Morgan fingerprint density at radius 3 is 1.95 bits per heavy atom. The molecular weight excluding hydrogens is 337 g/mol. The second-order valence-electron chi connectivity index (χ2n) is 3.55. The molecule has 0 N–H and O–H groups in total. The lowest BCUT2D eigenvalue weighted by atomic mass is 9.87. The first-order valence-corrected chi connectivity index (χ1v) is 6.46. The molecule has 0 saturated carbocycles. The summed E-state index contributed by atoms with van der Waals surface area (Å²) in [5, 5.41) is 0. The van der Waals surface area contributed by atoms with Crippen molar-refractivity contribution in [2.45, 2.75) is 13.8 Å². The van der Waals surface area contributed by atoms with Gasteiger partial charge in [-0.15, -0.1) is 0 Å². The normalized spacial score (nSPS) is 10.2. The standard InChI is InChI=1S/C12H10BBrF2O4/c1-3-19-11(17)5-7(13)9(15)6(8(14)10(5)16)12(18)20-4-2/h3-4H2,1-2H3. The topological polar surface area (TPSA) is 52.6 Å². The van der Waals surface area contributed by atoms with Crippen molar-refractivity contribution >= 4 is 41.2 Å². The average molecular weight is 347 g/mol. The van der Waals surface area contributed by atoms with Crippen molar-refractivity contribution in [3.05, 3.63) is 27.2 Å². The molecule has 0 fully saturated rings. The van der Waals surface area contributed by atoms with Crippen LogP contribution in [-0.2, 0) is 9.47 Å². The third-order valence-corrected chi connectivity index (χ3v) is 3.06. The van der Waals surface area contributed by atoms with Gasteiger partial charge in [0.2, 0.25) is 0 Å². The summed E-state index contributed by atoms with van der Waals surface area (Å²) in [7, 11) is 5.37. The molecule has 8 heteroatoms. The van der Waals surface area contributed by atoms with Crippen molar-refractivity contribution in [1.82, 2.24) is 0 Å². The number of hydrogen-bond acceptors (Lipinski definition) is 4. The first-order chi connectivity index (χ1) is 9.36. The molecule has 1 rings (SSSR count). The van der Waals surface area contributed by atoms with E-state index in [0.717, 1.165) is 0 Å². The van der Waals surface area contributed by atoms with Gasteiger partial charge in [0, 0.05) is 0 Å². The van der Waals surface area contributed by atoms with Crippen molar-refractivity contribution in [3.63, 3.8) is 0 Å². The van der Waals surface area contributed by atoms with Gasteiger partial charge in [0.1, 0.15) is 19.2 Å². The molecule has 0 heterocycles. The monoisotopic (exact) mass is 346 g/mol. The summed E-state index contributed by atoms with van der Waals surface area (Å²) in [4.78, 5) is 23.1. The van der Waals surface area contributed by atoms with Crippen LogP contribution in [0.1, 0.15) is 34.6 Å². The molecule has 0 aromatic heterocycles. The van der Waals surface area contributed by atoms with Crippen molar-refractivity contribution in [2.24, 2.45) is 0 Å². The van der Waals surface area contributed by atoms with E-state index in [-0.39, 0.29) is 13.2 Å². The second kappa shape index (κ2) is 6.83. The number of halogens is 3. The average Bonchev–Trinajstić information content (AvgIpc) is 2.37. The van der Waals surface area contributed by atoms with Crippen molar-refractivity contribution in [1.29, 1.82) is 0 Å². The molecule has 0 spiro atoms. The molecule has 0 amide bonds. The predicted molar refractivity (Wildman–Crippen MR) is 71.4 cm³/mol. The fourth-order valence-electron chi connectivity index (χ4n) is 1.46. The number of rotatable bonds is 4. The minimum Gasteiger partial charge on any atom is -0.462 e. The molecule has 4 nitrogen and oxygen atoms in total. The highest BCUT2D eigenvalue weighted by atomic mass is 79.9. The second-order valence-corrected chi connectivity index (χ2v) is 4.34. The maximum atomic E-state index is 14.1. The molecule has 20 heavy (non-hydrogen) atoms. The third kappa shape index (κ3) is 3.00. The summed E-state index contributed by atoms with van der Waals surface area (Å²) in [5.41, 5.74) is -2.26. The molecule has 0 atom stereocenters. The van der Waals surface area contributed by atoms with Gasteiger partial charge in [0.15, 0.2) is 5.82 Å². The molecule has 2 radical (unpaired) electrons. The summed E-state index contributed by atoms with van der Waals surface area (Å²) in [6.45, 7) is 2.96. The largest absolute Gasteiger partial charge is 0.462 e. The van der Waals surface area contributed by atoms with E-state index in [2.05, 4.69) is 25.4 Å². The maximum absolute atomic E-state index is 14.1. The van der Waals surface area contributed by atoms with E-state index in [9.17, 15) is 18.4 Å². The van der Waals surface area contributed by atoms with Crippen LogP contribution in [0.4, 0.5) is 8.78 Å². The smallest absolute Gasteiger partial charge is 0.342 e. The maximum Gasteiger partial charge on any atom is 0.342 e. The fraction of sp³-hybridized carbons (Fsp3) is 0.333. The number of carbonyl (C=O) groups excluding carboxylic acids is 2. The number of carbonyl (C=O) groups is 2. The van der Waals surface area contributed by atoms with Crippen LogP contribution in [0.2, 0.25) is 0 Å². The molecule has 0 bridgehead atoms. The highest BCUT2D eigenvalue weighted by molar-refractivity contribution is 9.10. The van der Waals surface area contributed by atoms with Crippen molar-refractivity contribution in [2.75, 3.05) is 13.2 Å². The molecule has 106 valence electrons. The fourth-order valence-corrected chi connectivity index (χ4v) is 2.00. The first kappa shape index (κ1) is 16.6. The Balaban J connectivity index is 3.49. The molecule has 0 aliphatic carbocycles. The van der Waals surface area contributed by atoms with Gasteiger partial charge in [0.25, 0.3) is 0 Å². The number of hydrogen-bond donors (Lipinski definition) is 0. The lowest BCUT2D eigenvalue weighted by Gasteiger charge is -2.13. The zero-order valence-corrected chi connectivity index (χ0v) is 12.3. The molecule has 0 saturated heterocycles. The lowest BCUT2D eigenvalue weighted by Crippen LogP contribution is -2.27. The van der Waals surface area contributed by atoms with Crippen LogP contribution >= 0.6 is 15.9 Å². The van der Waals surface area contributed by atoms with E-state index in [1.165, 1.54) is 13.8 Å². The van der Waals surface area contributed by atoms with E-state index in [1.54, 1.807) is 0 Å². The van der Waals surface area contributed by atoms with Crippen LogP contribution in [0, 0.1) is 11.6 Å². The van der Waals surface area contributed by atoms with Crippen LogP contribution in [-0.4, -0.2) is 33.0 Å². The first-order valence-electron chi connectivity index (χ1n) is 5.66. The van der Waals surface area contributed by atoms with Crippen LogP contribution in [0.15, 0.2) is 4.47 Å². The van der Waals surface area contributed by atoms with E-state index in [4.69, 9.17) is 7.85 Å². The minimum atomic E-state index is -1.24. The van der Waals surface area contributed by atoms with E-state index < -0.39 is 44.6 Å². The molecule has 0 aliphatic rings. The quantitative estimate of drug-likeness (QED) is 0.474. The molecule has 0 unspecified atom stereocenters. The predicted octanol–water partition coefficient (Wildman–Crippen LogP) is 1.87. The Hall–Kier alpha value is -1.44. The number of benzene rings is 1. The van der Waals surface area contributed by atoms with Gasteiger partial charge >= 0.3 is 11.9 Å². The van der Waals surface area contributed by atoms with Crippen LogP contribution in [0.5, 0.6) is 0 Å². The zero-order valence-electron chi connectivity index (χ0n) is 10.8. The minimum absolute atomic E-state index is 0.0220. The van der Waals surface area contributed by atoms with E-state index >= 15 is 0 Å². The van der Waals surface area contributed by atoms with Crippen LogP contribution in [0.25, 0.3) is 0 Å². The summed E-state index contributed by atoms with van der Waals surface area (Å²) in [6.07, 6.45) is 0. The van der Waals surface area contributed by atoms with Gasteiger partial charge in [-0.25, -0.2) is 18.4 Å². The number of ether oxygens (including phenoxy) is 2. The summed E-state index contributed by atoms with van der Waals surface area (Å²) in [5.74, 6) is -4.61. The van der Waals surface area contributed by atoms with Gasteiger partial charge < -0.3 is 9.47 Å². The molecule has 0 aliphatic heterocycles. The van der Waals surface area contributed by atoms with Crippen molar-refractivity contribution < 1.29 is 27.8 Å². The van der Waals surface area contributed by atoms with Gasteiger partial charge in [0.05, 0.1) is 23.2 Å². The zero-order chi connectivity index (χ0) is 15.4. The van der Waals surface area contributed by atoms with Crippen molar-refractivity contribution in [3.8, 4) is 0 Å². The summed E-state index contributed by atoms with van der Waals surface area (Å²) in [6, 6.07) is 0. The van der Waals surface area contributed by atoms with Gasteiger partial charge in [-0.1, -0.05) is 0 Å². The van der Waals surface area contributed by atoms with E-state index in [1.807, 2.05) is 0 Å². The third-order valence-electron chi connectivity index (χ3n) is 2.32. The van der Waals surface area contributed by atoms with Gasteiger partial charge in [-0.05, 0) is 35.2 Å². The lowest BCUT2D eigenvalue weighted by molar-refractivity contribution is 0.0502. The Kier molecular flexibility index (Phi) is 5.68. The Morgan fingerprint density at radius 2 is 1.50 bits per heavy atom. The molecule has 1 aromatic carbocycles. The van der Waals surface area contributed by atoms with E-state index in [0.29, 0.717) is 0 Å². The molecular formula is C12H10BBrF2O4. The summed E-state index contributed by atoms with van der Waals surface area (Å²) >= 11 is 2.73. The van der Waals surface area contributed by atoms with Gasteiger partial charge in [-0.2, -0.15) is 0 Å².